The second kappa shape index (κ2) is 1.73. The van der Waals surface area contributed by atoms with Crippen LogP contribution in [0.4, 0.5) is 0 Å². The largest absolute Gasteiger partial charge is 0.363 e. The molecule has 0 aliphatic carbocycles. The molecule has 0 saturated heterocycles. The van der Waals surface area contributed by atoms with Crippen molar-refractivity contribution in [3.05, 3.63) is 0 Å². The number of aliphatic hydroxyl groups excluding tert-OH is 1. The molecule has 0 spiro atoms. The lowest BCUT2D eigenvalue weighted by Crippen LogP contribution is -2.50. The first-order chi connectivity index (χ1) is 2.94. The van der Waals surface area contributed by atoms with Crippen LogP contribution in [0.5, 0.6) is 0 Å². The summed E-state index contributed by atoms with van der Waals surface area (Å²) in [5, 5.41) is 31.5. The summed E-state index contributed by atoms with van der Waals surface area (Å²) in [6.45, 7) is 0. The molecule has 5 nitrogen and oxygen atoms in total. The molecule has 0 radical (unpaired) electrons. The standard InChI is InChI=1S/C2H7NO4/c3-2(6,7)1(4)5/h1,4-7H,3H2. The van der Waals surface area contributed by atoms with Crippen molar-refractivity contribution in [3.63, 3.8) is 0 Å². The van der Waals surface area contributed by atoms with Crippen LogP contribution in [-0.2, 0) is 0 Å². The molecule has 0 unspecified atom stereocenters. The molecular formula is C2H7NO4. The molecule has 6 N–H and O–H groups in total. The number of hydrogen-bond donors (Lipinski definition) is 5. The topological polar surface area (TPSA) is 107 Å². The van der Waals surface area contributed by atoms with Gasteiger partial charge in [-0.25, -0.2) is 0 Å². The zero-order chi connectivity index (χ0) is 6.08. The highest BCUT2D eigenvalue weighted by molar-refractivity contribution is 4.52. The Balaban J connectivity index is 3.54. The van der Waals surface area contributed by atoms with E-state index in [9.17, 15) is 0 Å². The van der Waals surface area contributed by atoms with Gasteiger partial charge in [0.05, 0.1) is 0 Å². The van der Waals surface area contributed by atoms with E-state index in [2.05, 4.69) is 5.73 Å². The molecular weight excluding hydrogens is 102 g/mol. The van der Waals surface area contributed by atoms with Crippen LogP contribution in [0.1, 0.15) is 0 Å². The van der Waals surface area contributed by atoms with Crippen LogP contribution in [-0.4, -0.2) is 32.6 Å². The fraction of sp³-hybridized carbons (Fsp3) is 1.00. The number of rotatable bonds is 1. The summed E-state index contributed by atoms with van der Waals surface area (Å²) in [4.78, 5) is 0. The summed E-state index contributed by atoms with van der Waals surface area (Å²) >= 11 is 0. The number of nitrogens with two attached hydrogens (primary N) is 1. The second-order valence-electron chi connectivity index (χ2n) is 1.16. The Hall–Kier alpha value is -0.200. The quantitative estimate of drug-likeness (QED) is 0.229. The van der Waals surface area contributed by atoms with Gasteiger partial charge in [-0.1, -0.05) is 0 Å². The van der Waals surface area contributed by atoms with Gasteiger partial charge in [0.25, 0.3) is 5.91 Å². The molecule has 0 rings (SSSR count). The van der Waals surface area contributed by atoms with E-state index in [4.69, 9.17) is 20.4 Å². The van der Waals surface area contributed by atoms with Crippen LogP contribution in [0.25, 0.3) is 0 Å². The second-order valence-corrected chi connectivity index (χ2v) is 1.16. The minimum atomic E-state index is -2.89. The summed E-state index contributed by atoms with van der Waals surface area (Å²) in [5.41, 5.74) is 4.29. The highest BCUT2D eigenvalue weighted by Crippen LogP contribution is 1.90. The van der Waals surface area contributed by atoms with Gasteiger partial charge in [-0.15, -0.1) is 0 Å². The molecule has 0 aliphatic heterocycles. The molecule has 0 aliphatic rings. The molecule has 0 fully saturated rings. The van der Waals surface area contributed by atoms with Gasteiger partial charge in [-0.2, -0.15) is 0 Å². The van der Waals surface area contributed by atoms with Crippen molar-refractivity contribution in [2.24, 2.45) is 5.73 Å². The molecule has 5 heteroatoms. The first-order valence-electron chi connectivity index (χ1n) is 1.54. The normalized spacial score (nSPS) is 12.9. The molecule has 0 aromatic rings. The first kappa shape index (κ1) is 6.80. The van der Waals surface area contributed by atoms with Gasteiger partial charge in [-0.05, 0) is 0 Å². The van der Waals surface area contributed by atoms with Gasteiger partial charge < -0.3 is 20.4 Å². The molecule has 0 atom stereocenters. The van der Waals surface area contributed by atoms with Gasteiger partial charge in [0.1, 0.15) is 0 Å². The molecule has 0 bridgehead atoms. The van der Waals surface area contributed by atoms with Crippen LogP contribution in [0.15, 0.2) is 0 Å². The molecule has 44 valence electrons. The van der Waals surface area contributed by atoms with E-state index < -0.39 is 12.2 Å². The Bertz CT molecular complexity index is 55.2. The third kappa shape index (κ3) is 2.49. The van der Waals surface area contributed by atoms with Crippen molar-refractivity contribution in [1.82, 2.24) is 0 Å². The number of aliphatic hydroxyl groups is 4. The van der Waals surface area contributed by atoms with Crippen LogP contribution in [0.3, 0.4) is 0 Å². The van der Waals surface area contributed by atoms with Crippen molar-refractivity contribution in [2.45, 2.75) is 12.2 Å². The highest BCUT2D eigenvalue weighted by atomic mass is 16.6. The zero-order valence-electron chi connectivity index (χ0n) is 3.44. The smallest absolute Gasteiger partial charge is 0.273 e. The summed E-state index contributed by atoms with van der Waals surface area (Å²) in [6, 6.07) is 0. The van der Waals surface area contributed by atoms with E-state index >= 15 is 0 Å². The van der Waals surface area contributed by atoms with Crippen molar-refractivity contribution >= 4 is 0 Å². The van der Waals surface area contributed by atoms with E-state index in [1.54, 1.807) is 0 Å². The number of hydrogen-bond acceptors (Lipinski definition) is 5. The van der Waals surface area contributed by atoms with Crippen molar-refractivity contribution < 1.29 is 20.4 Å². The minimum Gasteiger partial charge on any atom is -0.363 e. The van der Waals surface area contributed by atoms with E-state index in [1.165, 1.54) is 0 Å². The minimum absolute atomic E-state index is 2.31. The Kier molecular flexibility index (Phi) is 1.68. The lowest BCUT2D eigenvalue weighted by Gasteiger charge is -2.16. The van der Waals surface area contributed by atoms with Gasteiger partial charge >= 0.3 is 0 Å². The maximum atomic E-state index is 7.93. The predicted octanol–water partition coefficient (Wildman–Crippen LogP) is -3.11. The van der Waals surface area contributed by atoms with Gasteiger partial charge in [0.15, 0.2) is 0 Å². The molecule has 0 heterocycles. The van der Waals surface area contributed by atoms with Crippen LogP contribution < -0.4 is 5.73 Å². The summed E-state index contributed by atoms with van der Waals surface area (Å²) in [7, 11) is 0. The fourth-order valence-electron chi connectivity index (χ4n) is 0. The average Bonchev–Trinajstić information content (AvgIpc) is 1.31. The van der Waals surface area contributed by atoms with E-state index in [-0.39, 0.29) is 0 Å². The fourth-order valence-corrected chi connectivity index (χ4v) is 0. The molecule has 0 amide bonds. The lowest BCUT2D eigenvalue weighted by atomic mass is 10.5. The van der Waals surface area contributed by atoms with Crippen molar-refractivity contribution in [1.29, 1.82) is 0 Å². The summed E-state index contributed by atoms with van der Waals surface area (Å²) < 4.78 is 0. The lowest BCUT2D eigenvalue weighted by molar-refractivity contribution is -0.285. The van der Waals surface area contributed by atoms with Crippen LogP contribution in [0.2, 0.25) is 0 Å². The summed E-state index contributed by atoms with van der Waals surface area (Å²) in [6.07, 6.45) is -2.31. The van der Waals surface area contributed by atoms with Crippen molar-refractivity contribution in [2.75, 3.05) is 0 Å². The van der Waals surface area contributed by atoms with Crippen LogP contribution >= 0.6 is 0 Å². The van der Waals surface area contributed by atoms with E-state index in [0.717, 1.165) is 0 Å². The molecule has 0 aromatic carbocycles. The Morgan fingerprint density at radius 3 is 1.43 bits per heavy atom. The first-order valence-corrected chi connectivity index (χ1v) is 1.54. The van der Waals surface area contributed by atoms with Crippen molar-refractivity contribution in [3.8, 4) is 0 Å². The van der Waals surface area contributed by atoms with E-state index in [1.807, 2.05) is 0 Å². The van der Waals surface area contributed by atoms with Gasteiger partial charge in [0, 0.05) is 0 Å². The molecule has 7 heavy (non-hydrogen) atoms. The van der Waals surface area contributed by atoms with Gasteiger partial charge in [-0.3, -0.25) is 5.73 Å². The molecule has 0 aromatic heterocycles. The monoisotopic (exact) mass is 109 g/mol. The SMILES string of the molecule is NC(O)(O)C(O)O. The maximum Gasteiger partial charge on any atom is 0.273 e. The van der Waals surface area contributed by atoms with Crippen LogP contribution in [0, 0.1) is 0 Å². The van der Waals surface area contributed by atoms with Gasteiger partial charge in [0.2, 0.25) is 6.29 Å². The van der Waals surface area contributed by atoms with E-state index in [0.29, 0.717) is 0 Å². The summed E-state index contributed by atoms with van der Waals surface area (Å²) in [5.74, 6) is -2.89. The Labute approximate surface area is 39.6 Å². The third-order valence-corrected chi connectivity index (χ3v) is 0.380. The zero-order valence-corrected chi connectivity index (χ0v) is 3.44. The average molecular weight is 109 g/mol. The predicted molar refractivity (Wildman–Crippen MR) is 19.6 cm³/mol. The molecule has 0 saturated carbocycles. The highest BCUT2D eigenvalue weighted by Gasteiger charge is 2.24. The Morgan fingerprint density at radius 1 is 1.29 bits per heavy atom. The maximum absolute atomic E-state index is 7.93. The Morgan fingerprint density at radius 2 is 1.43 bits per heavy atom. The third-order valence-electron chi connectivity index (χ3n) is 0.380.